The number of fused-ring (bicyclic) bond motifs is 4. The first kappa shape index (κ1) is 25.1. The number of nitrogens with one attached hydrogen (secondary N) is 1. The summed E-state index contributed by atoms with van der Waals surface area (Å²) in [7, 11) is 0. The molecule has 0 aliphatic heterocycles. The monoisotopic (exact) mass is 550 g/mol. The van der Waals surface area contributed by atoms with Crippen LogP contribution >= 0.6 is 0 Å². The lowest BCUT2D eigenvalue weighted by Gasteiger charge is -2.17. The van der Waals surface area contributed by atoms with Crippen molar-refractivity contribution in [1.82, 2.24) is 43.5 Å². The summed E-state index contributed by atoms with van der Waals surface area (Å²) < 4.78 is 6.94. The van der Waals surface area contributed by atoms with Gasteiger partial charge in [0.1, 0.15) is 17.7 Å². The van der Waals surface area contributed by atoms with E-state index < -0.39 is 0 Å². The molecule has 0 aromatic carbocycles. The molecule has 6 aromatic heterocycles. The summed E-state index contributed by atoms with van der Waals surface area (Å²) in [6.07, 6.45) is 12.3. The second kappa shape index (κ2) is 9.10. The number of aromatic nitrogens is 9. The number of anilines is 2. The third kappa shape index (κ3) is 4.10. The number of hydrogen-bond donors (Lipinski definition) is 2. The highest BCUT2D eigenvalue weighted by Gasteiger charge is 2.31. The smallest absolute Gasteiger partial charge is 0.280 e. The Bertz CT molecular complexity index is 2010. The first-order valence-corrected chi connectivity index (χ1v) is 13.6. The van der Waals surface area contributed by atoms with Crippen LogP contribution in [0.3, 0.4) is 0 Å². The van der Waals surface area contributed by atoms with Gasteiger partial charge in [-0.25, -0.2) is 19.2 Å². The van der Waals surface area contributed by atoms with Crippen LogP contribution in [0.2, 0.25) is 0 Å². The zero-order valence-electron chi connectivity index (χ0n) is 23.3. The van der Waals surface area contributed by atoms with Gasteiger partial charge in [0.25, 0.3) is 5.56 Å². The van der Waals surface area contributed by atoms with Gasteiger partial charge in [0, 0.05) is 47.7 Å². The van der Waals surface area contributed by atoms with E-state index in [0.717, 1.165) is 24.0 Å². The van der Waals surface area contributed by atoms with Gasteiger partial charge in [0.15, 0.2) is 11.5 Å². The van der Waals surface area contributed by atoms with Crippen molar-refractivity contribution in [3.8, 4) is 16.9 Å². The number of pyridine rings is 2. The molecule has 0 unspecified atom stereocenters. The summed E-state index contributed by atoms with van der Waals surface area (Å²) >= 11 is 0. The van der Waals surface area contributed by atoms with Gasteiger partial charge in [-0.15, -0.1) is 5.10 Å². The fourth-order valence-corrected chi connectivity index (χ4v) is 5.83. The Labute approximate surface area is 234 Å². The highest BCUT2D eigenvalue weighted by atomic mass is 16.3. The van der Waals surface area contributed by atoms with Gasteiger partial charge < -0.3 is 14.8 Å². The third-order valence-corrected chi connectivity index (χ3v) is 7.76. The van der Waals surface area contributed by atoms with E-state index in [0.29, 0.717) is 34.1 Å². The van der Waals surface area contributed by atoms with Gasteiger partial charge >= 0.3 is 0 Å². The molecule has 0 atom stereocenters. The summed E-state index contributed by atoms with van der Waals surface area (Å²) in [4.78, 5) is 22.7. The fraction of sp³-hybridized carbons (Fsp3) is 0.310. The van der Waals surface area contributed by atoms with Gasteiger partial charge in [-0.3, -0.25) is 9.36 Å². The normalized spacial score (nSPS) is 14.4. The van der Waals surface area contributed by atoms with E-state index in [1.165, 1.54) is 22.2 Å². The molecule has 0 amide bonds. The van der Waals surface area contributed by atoms with E-state index in [-0.39, 0.29) is 23.6 Å². The first-order valence-electron chi connectivity index (χ1n) is 13.6. The molecule has 0 spiro atoms. The fourth-order valence-electron chi connectivity index (χ4n) is 5.83. The molecule has 6 aromatic rings. The standard InChI is InChI=1S/C29H30N10O2/c1-17(2)38-14-25(34-35-38)33-22-9-19(13-39-27(22)31-16-32-39)20-5-6-30-26(21(20)15-40)37-8-7-36-23(28(37)41)10-18-11-29(3,4)12-24(18)36/h5-10,13-14,16-17,33,40H,11-12,15H2,1-4H3. The Kier molecular flexibility index (Phi) is 5.58. The maximum Gasteiger partial charge on any atom is 0.280 e. The lowest BCUT2D eigenvalue weighted by Crippen LogP contribution is -2.22. The van der Waals surface area contributed by atoms with E-state index in [1.54, 1.807) is 21.6 Å². The first-order chi connectivity index (χ1) is 19.7. The molecule has 0 saturated carbocycles. The van der Waals surface area contributed by atoms with Crippen molar-refractivity contribution in [3.05, 3.63) is 82.7 Å². The highest BCUT2D eigenvalue weighted by Crippen LogP contribution is 2.37. The number of rotatable bonds is 6. The van der Waals surface area contributed by atoms with E-state index in [2.05, 4.69) is 44.5 Å². The average Bonchev–Trinajstić information content (AvgIpc) is 3.72. The maximum absolute atomic E-state index is 13.7. The summed E-state index contributed by atoms with van der Waals surface area (Å²) in [5.41, 5.74) is 6.29. The molecule has 208 valence electrons. The Balaban J connectivity index is 1.33. The van der Waals surface area contributed by atoms with Crippen LogP contribution in [-0.4, -0.2) is 48.7 Å². The molecule has 12 nitrogen and oxygen atoms in total. The Hall–Kier alpha value is -4.84. The summed E-state index contributed by atoms with van der Waals surface area (Å²) in [5, 5.41) is 26.6. The minimum atomic E-state index is -0.317. The Morgan fingerprint density at radius 3 is 2.76 bits per heavy atom. The lowest BCUT2D eigenvalue weighted by molar-refractivity contribution is 0.281. The van der Waals surface area contributed by atoms with Crippen molar-refractivity contribution in [1.29, 1.82) is 0 Å². The summed E-state index contributed by atoms with van der Waals surface area (Å²) in [6.45, 7) is 8.23. The third-order valence-electron chi connectivity index (χ3n) is 7.76. The molecule has 0 fully saturated rings. The zero-order chi connectivity index (χ0) is 28.5. The second-order valence-electron chi connectivity index (χ2n) is 11.7. The lowest BCUT2D eigenvalue weighted by atomic mass is 9.90. The number of nitrogens with zero attached hydrogens (tertiary/aromatic N) is 9. The van der Waals surface area contributed by atoms with E-state index >= 15 is 0 Å². The van der Waals surface area contributed by atoms with Crippen LogP contribution in [0.5, 0.6) is 0 Å². The summed E-state index contributed by atoms with van der Waals surface area (Å²) in [6, 6.07) is 5.91. The van der Waals surface area contributed by atoms with Crippen molar-refractivity contribution in [2.24, 2.45) is 5.41 Å². The predicted molar refractivity (Wildman–Crippen MR) is 154 cm³/mol. The van der Waals surface area contributed by atoms with Crippen LogP contribution < -0.4 is 10.9 Å². The molecule has 0 radical (unpaired) electrons. The van der Waals surface area contributed by atoms with Crippen LogP contribution in [0.1, 0.15) is 50.6 Å². The van der Waals surface area contributed by atoms with Gasteiger partial charge in [-0.05, 0) is 61.4 Å². The van der Waals surface area contributed by atoms with Gasteiger partial charge in [-0.1, -0.05) is 19.1 Å². The quantitative estimate of drug-likeness (QED) is 0.321. The van der Waals surface area contributed by atoms with Gasteiger partial charge in [0.2, 0.25) is 0 Å². The molecule has 12 heteroatoms. The van der Waals surface area contributed by atoms with Crippen molar-refractivity contribution in [3.63, 3.8) is 0 Å². The van der Waals surface area contributed by atoms with Crippen molar-refractivity contribution in [2.75, 3.05) is 5.32 Å². The minimum Gasteiger partial charge on any atom is -0.392 e. The van der Waals surface area contributed by atoms with Gasteiger partial charge in [0.05, 0.1) is 18.5 Å². The predicted octanol–water partition coefficient (Wildman–Crippen LogP) is 3.73. The second-order valence-corrected chi connectivity index (χ2v) is 11.7. The van der Waals surface area contributed by atoms with Crippen molar-refractivity contribution < 1.29 is 5.11 Å². The molecule has 6 heterocycles. The van der Waals surface area contributed by atoms with Crippen LogP contribution in [-0.2, 0) is 19.4 Å². The molecule has 7 rings (SSSR count). The topological polar surface area (TPSA) is 132 Å². The molecule has 0 saturated heterocycles. The SMILES string of the molecule is CC(C)n1cc(Nc2cc(-c3ccnc(-n4ccn5c6c(cc5c4=O)CC(C)(C)C6)c3CO)cn3ncnc23)nn1. The molecule has 1 aliphatic carbocycles. The van der Waals surface area contributed by atoms with Crippen LogP contribution in [0.25, 0.3) is 28.1 Å². The molecule has 1 aliphatic rings. The van der Waals surface area contributed by atoms with Crippen molar-refractivity contribution >= 4 is 22.7 Å². The summed E-state index contributed by atoms with van der Waals surface area (Å²) in [5.74, 6) is 0.952. The average molecular weight is 551 g/mol. The molecule has 0 bridgehead atoms. The molecular weight excluding hydrogens is 520 g/mol. The van der Waals surface area contributed by atoms with E-state index in [4.69, 9.17) is 0 Å². The van der Waals surface area contributed by atoms with Crippen molar-refractivity contribution in [2.45, 2.75) is 53.2 Å². The Morgan fingerprint density at radius 1 is 1.12 bits per heavy atom. The highest BCUT2D eigenvalue weighted by molar-refractivity contribution is 5.80. The number of aliphatic hydroxyl groups is 1. The molecular formula is C29H30N10O2. The largest absolute Gasteiger partial charge is 0.392 e. The maximum atomic E-state index is 13.7. The number of aliphatic hydroxyl groups excluding tert-OH is 1. The van der Waals surface area contributed by atoms with E-state index in [9.17, 15) is 9.90 Å². The molecule has 41 heavy (non-hydrogen) atoms. The van der Waals surface area contributed by atoms with E-state index in [1.807, 2.05) is 55.0 Å². The zero-order valence-corrected chi connectivity index (χ0v) is 23.3. The molecule has 2 N–H and O–H groups in total. The van der Waals surface area contributed by atoms with Gasteiger partial charge in [-0.2, -0.15) is 5.10 Å². The minimum absolute atomic E-state index is 0.169. The van der Waals surface area contributed by atoms with Crippen LogP contribution in [0.4, 0.5) is 11.5 Å². The van der Waals surface area contributed by atoms with Crippen LogP contribution in [0.15, 0.2) is 60.3 Å². The Morgan fingerprint density at radius 2 is 1.98 bits per heavy atom. The number of hydrogen-bond acceptors (Lipinski definition) is 8. The van der Waals surface area contributed by atoms with Crippen LogP contribution in [0, 0.1) is 5.41 Å².